The van der Waals surface area contributed by atoms with Crippen LogP contribution in [-0.2, 0) is 7.05 Å². The van der Waals surface area contributed by atoms with Gasteiger partial charge in [-0.25, -0.2) is 4.79 Å². The second-order valence-electron chi connectivity index (χ2n) is 4.76. The summed E-state index contributed by atoms with van der Waals surface area (Å²) in [7, 11) is 1.68. The zero-order valence-electron chi connectivity index (χ0n) is 11.5. The molecule has 110 valence electrons. The molecule has 0 amide bonds. The van der Waals surface area contributed by atoms with Gasteiger partial charge in [0.1, 0.15) is 11.1 Å². The Morgan fingerprint density at radius 1 is 1.27 bits per heavy atom. The van der Waals surface area contributed by atoms with Gasteiger partial charge in [-0.15, -0.1) is 0 Å². The summed E-state index contributed by atoms with van der Waals surface area (Å²) < 4.78 is 6.66. The van der Waals surface area contributed by atoms with Crippen LogP contribution in [0.15, 0.2) is 51.8 Å². The molecule has 0 atom stereocenters. The highest BCUT2D eigenvalue weighted by Gasteiger charge is 2.18. The van der Waals surface area contributed by atoms with Gasteiger partial charge in [-0.05, 0) is 24.3 Å². The minimum Gasteiger partial charge on any atom is -0.422 e. The summed E-state index contributed by atoms with van der Waals surface area (Å²) >= 11 is 0. The fraction of sp³-hybridized carbons (Fsp3) is 0.0667. The molecular formula is C15H10N2O5. The Kier molecular flexibility index (Phi) is 3.10. The molecule has 0 fully saturated rings. The van der Waals surface area contributed by atoms with Crippen molar-refractivity contribution in [1.82, 2.24) is 4.57 Å². The fourth-order valence-corrected chi connectivity index (χ4v) is 2.22. The van der Waals surface area contributed by atoms with E-state index in [0.717, 1.165) is 0 Å². The van der Waals surface area contributed by atoms with Gasteiger partial charge in [-0.2, -0.15) is 0 Å². The Bertz CT molecular complexity index is 967. The molecule has 0 saturated heterocycles. The number of fused-ring (bicyclic) bond motifs is 1. The molecule has 0 spiro atoms. The van der Waals surface area contributed by atoms with Gasteiger partial charge in [-0.1, -0.05) is 0 Å². The van der Waals surface area contributed by atoms with Crippen molar-refractivity contribution in [3.63, 3.8) is 0 Å². The molecule has 7 nitrogen and oxygen atoms in total. The van der Waals surface area contributed by atoms with Crippen molar-refractivity contribution in [3.05, 3.63) is 74.4 Å². The van der Waals surface area contributed by atoms with E-state index in [-0.39, 0.29) is 16.8 Å². The predicted octanol–water partition coefficient (Wildman–Crippen LogP) is 2.27. The van der Waals surface area contributed by atoms with Gasteiger partial charge >= 0.3 is 5.63 Å². The summed E-state index contributed by atoms with van der Waals surface area (Å²) in [5.74, 6) is -0.491. The standard InChI is InChI=1S/C15H10N2O5/c1-16-6-2-3-12(16)14(18)11-8-9-7-10(17(20)21)4-5-13(9)22-15(11)19/h2-8H,1H3. The van der Waals surface area contributed by atoms with E-state index >= 15 is 0 Å². The van der Waals surface area contributed by atoms with E-state index in [1.165, 1.54) is 24.3 Å². The highest BCUT2D eigenvalue weighted by molar-refractivity contribution is 6.08. The highest BCUT2D eigenvalue weighted by Crippen LogP contribution is 2.21. The number of carbonyl (C=O) groups is 1. The van der Waals surface area contributed by atoms with Crippen molar-refractivity contribution in [1.29, 1.82) is 0 Å². The second-order valence-corrected chi connectivity index (χ2v) is 4.76. The van der Waals surface area contributed by atoms with Crippen LogP contribution in [0, 0.1) is 10.1 Å². The van der Waals surface area contributed by atoms with Crippen molar-refractivity contribution in [3.8, 4) is 0 Å². The van der Waals surface area contributed by atoms with Crippen molar-refractivity contribution in [2.45, 2.75) is 0 Å². The number of ketones is 1. The van der Waals surface area contributed by atoms with E-state index in [4.69, 9.17) is 4.42 Å². The van der Waals surface area contributed by atoms with E-state index in [9.17, 15) is 19.7 Å². The number of aryl methyl sites for hydroxylation is 1. The molecule has 0 unspecified atom stereocenters. The molecule has 0 bridgehead atoms. The summed E-state index contributed by atoms with van der Waals surface area (Å²) in [6.45, 7) is 0. The number of carbonyl (C=O) groups excluding carboxylic acids is 1. The van der Waals surface area contributed by atoms with Gasteiger partial charge in [-0.3, -0.25) is 14.9 Å². The number of rotatable bonds is 3. The molecule has 1 aromatic carbocycles. The molecule has 0 aliphatic heterocycles. The maximum Gasteiger partial charge on any atom is 0.347 e. The van der Waals surface area contributed by atoms with Gasteiger partial charge in [0.15, 0.2) is 0 Å². The monoisotopic (exact) mass is 298 g/mol. The van der Waals surface area contributed by atoms with Crippen LogP contribution in [0.3, 0.4) is 0 Å². The smallest absolute Gasteiger partial charge is 0.347 e. The maximum atomic E-state index is 12.4. The lowest BCUT2D eigenvalue weighted by Gasteiger charge is -2.03. The molecule has 0 aliphatic carbocycles. The minimum absolute atomic E-state index is 0.140. The molecule has 22 heavy (non-hydrogen) atoms. The fourth-order valence-electron chi connectivity index (χ4n) is 2.22. The largest absolute Gasteiger partial charge is 0.422 e. The Labute approximate surface area is 123 Å². The maximum absolute atomic E-state index is 12.4. The van der Waals surface area contributed by atoms with Gasteiger partial charge in [0.25, 0.3) is 5.69 Å². The molecular weight excluding hydrogens is 288 g/mol. The van der Waals surface area contributed by atoms with Crippen molar-refractivity contribution < 1.29 is 14.1 Å². The molecule has 3 aromatic rings. The minimum atomic E-state index is -0.771. The van der Waals surface area contributed by atoms with E-state index in [2.05, 4.69) is 0 Å². The summed E-state index contributed by atoms with van der Waals surface area (Å²) in [4.78, 5) is 34.6. The Balaban J connectivity index is 2.19. The van der Waals surface area contributed by atoms with Crippen molar-refractivity contribution in [2.75, 3.05) is 0 Å². The second kappa shape index (κ2) is 4.96. The zero-order valence-corrected chi connectivity index (χ0v) is 11.5. The lowest BCUT2D eigenvalue weighted by atomic mass is 10.1. The van der Waals surface area contributed by atoms with Crippen LogP contribution < -0.4 is 5.63 Å². The normalized spacial score (nSPS) is 10.8. The summed E-state index contributed by atoms with van der Waals surface area (Å²) in [6, 6.07) is 8.43. The zero-order chi connectivity index (χ0) is 15.9. The summed E-state index contributed by atoms with van der Waals surface area (Å²) in [5.41, 5.74) is -0.544. The molecule has 3 rings (SSSR count). The number of nitrogens with zero attached hydrogens (tertiary/aromatic N) is 2. The number of aromatic nitrogens is 1. The first kappa shape index (κ1) is 13.7. The number of hydrogen-bond donors (Lipinski definition) is 0. The van der Waals surface area contributed by atoms with Crippen molar-refractivity contribution >= 4 is 22.4 Å². The Morgan fingerprint density at radius 2 is 2.05 bits per heavy atom. The molecule has 7 heteroatoms. The summed E-state index contributed by atoms with van der Waals surface area (Å²) in [6.07, 6.45) is 1.68. The quantitative estimate of drug-likeness (QED) is 0.320. The SMILES string of the molecule is Cn1cccc1C(=O)c1cc2cc([N+](=O)[O-])ccc2oc1=O. The van der Waals surface area contributed by atoms with E-state index < -0.39 is 16.3 Å². The van der Waals surface area contributed by atoms with Gasteiger partial charge < -0.3 is 8.98 Å². The molecule has 2 aromatic heterocycles. The number of benzene rings is 1. The van der Waals surface area contributed by atoms with E-state index in [0.29, 0.717) is 11.1 Å². The summed E-state index contributed by atoms with van der Waals surface area (Å²) in [5, 5.41) is 11.1. The van der Waals surface area contributed by atoms with Crippen molar-refractivity contribution in [2.24, 2.45) is 7.05 Å². The van der Waals surface area contributed by atoms with Crippen LogP contribution in [0.5, 0.6) is 0 Å². The Hall–Kier alpha value is -3.22. The molecule has 0 aliphatic rings. The topological polar surface area (TPSA) is 95.3 Å². The van der Waals surface area contributed by atoms with Gasteiger partial charge in [0.2, 0.25) is 5.78 Å². The third kappa shape index (κ3) is 2.18. The van der Waals surface area contributed by atoms with Crippen LogP contribution in [-0.4, -0.2) is 15.3 Å². The first-order chi connectivity index (χ1) is 10.5. The Morgan fingerprint density at radius 3 is 2.68 bits per heavy atom. The molecule has 2 heterocycles. The van der Waals surface area contributed by atoms with Crippen LogP contribution in [0.25, 0.3) is 11.0 Å². The highest BCUT2D eigenvalue weighted by atomic mass is 16.6. The third-order valence-corrected chi connectivity index (χ3v) is 3.35. The number of nitro groups is 1. The van der Waals surface area contributed by atoms with Crippen LogP contribution in [0.1, 0.15) is 16.1 Å². The van der Waals surface area contributed by atoms with Gasteiger partial charge in [0, 0.05) is 30.8 Å². The molecule has 0 N–H and O–H groups in total. The van der Waals surface area contributed by atoms with Crippen LogP contribution in [0.4, 0.5) is 5.69 Å². The molecule has 0 saturated carbocycles. The lowest BCUT2D eigenvalue weighted by Crippen LogP contribution is -2.16. The predicted molar refractivity (Wildman–Crippen MR) is 78.0 cm³/mol. The first-order valence-electron chi connectivity index (χ1n) is 6.35. The first-order valence-corrected chi connectivity index (χ1v) is 6.35. The lowest BCUT2D eigenvalue weighted by molar-refractivity contribution is -0.384. The van der Waals surface area contributed by atoms with Crippen LogP contribution >= 0.6 is 0 Å². The number of nitro benzene ring substituents is 1. The average Bonchev–Trinajstić information content (AvgIpc) is 2.91. The average molecular weight is 298 g/mol. The van der Waals surface area contributed by atoms with Gasteiger partial charge in [0.05, 0.1) is 10.6 Å². The number of non-ortho nitro benzene ring substituents is 1. The van der Waals surface area contributed by atoms with E-state index in [1.54, 1.807) is 29.9 Å². The van der Waals surface area contributed by atoms with Crippen LogP contribution in [0.2, 0.25) is 0 Å². The van der Waals surface area contributed by atoms with E-state index in [1.807, 2.05) is 0 Å². The number of hydrogen-bond acceptors (Lipinski definition) is 5. The third-order valence-electron chi connectivity index (χ3n) is 3.35. The molecule has 0 radical (unpaired) electrons.